The Hall–Kier alpha value is -1.60. The molecular weight excluding hydrogens is 372 g/mol. The zero-order valence-electron chi connectivity index (χ0n) is 17.7. The summed E-state index contributed by atoms with van der Waals surface area (Å²) in [7, 11) is 0. The second kappa shape index (κ2) is 16.2. The normalized spacial score (nSPS) is 18.8. The number of nitrogens with one attached hydrogen (secondary N) is 2. The molecule has 0 unspecified atom stereocenters. The standard InChI is InChI=1S/C12H23N.C10H17NO5/c1-3-7-11(8-4-1)13-12-9-5-2-6-10-12;1-2-7-16-10(15)11-8(9(13)14)5-3-4-6-12/h11-13H,1-10H2;2,8,12H,1,3-7H2,(H,11,15)(H,13,14)/t;8-/m.0/s1. The van der Waals surface area contributed by atoms with Crippen LogP contribution < -0.4 is 10.6 Å². The molecule has 2 saturated carbocycles. The van der Waals surface area contributed by atoms with Gasteiger partial charge >= 0.3 is 12.1 Å². The van der Waals surface area contributed by atoms with Crippen molar-refractivity contribution in [3.8, 4) is 0 Å². The average molecular weight is 413 g/mol. The van der Waals surface area contributed by atoms with Crippen molar-refractivity contribution in [1.29, 1.82) is 0 Å². The van der Waals surface area contributed by atoms with Gasteiger partial charge in [0.15, 0.2) is 0 Å². The van der Waals surface area contributed by atoms with Crippen LogP contribution in [-0.2, 0) is 9.53 Å². The molecule has 2 rings (SSSR count). The van der Waals surface area contributed by atoms with E-state index in [-0.39, 0.29) is 19.6 Å². The summed E-state index contributed by atoms with van der Waals surface area (Å²) in [4.78, 5) is 21.8. The molecule has 168 valence electrons. The number of carboxylic acid groups (broad SMARTS) is 1. The SMILES string of the molecule is C1CCC(NC2CCCCC2)CC1.C=CCOC(=O)N[C@@H](CCCCO)C(=O)O. The summed E-state index contributed by atoms with van der Waals surface area (Å²) in [5.74, 6) is -1.12. The van der Waals surface area contributed by atoms with Crippen LogP contribution in [0.1, 0.15) is 83.5 Å². The lowest BCUT2D eigenvalue weighted by Gasteiger charge is -2.30. The maximum Gasteiger partial charge on any atom is 0.408 e. The van der Waals surface area contributed by atoms with E-state index < -0.39 is 18.1 Å². The molecule has 7 heteroatoms. The van der Waals surface area contributed by atoms with E-state index in [2.05, 4.69) is 21.9 Å². The first-order valence-corrected chi connectivity index (χ1v) is 11.2. The molecule has 2 aliphatic carbocycles. The highest BCUT2D eigenvalue weighted by Gasteiger charge is 2.20. The van der Waals surface area contributed by atoms with Crippen LogP contribution in [0.3, 0.4) is 0 Å². The molecule has 0 saturated heterocycles. The number of carboxylic acids is 1. The van der Waals surface area contributed by atoms with Gasteiger partial charge < -0.3 is 25.6 Å². The van der Waals surface area contributed by atoms with Crippen LogP contribution in [0.15, 0.2) is 12.7 Å². The Kier molecular flexibility index (Phi) is 14.2. The first kappa shape index (κ1) is 25.4. The molecule has 2 aliphatic rings. The molecule has 0 aliphatic heterocycles. The van der Waals surface area contributed by atoms with E-state index in [4.69, 9.17) is 10.2 Å². The fraction of sp³-hybridized carbons (Fsp3) is 0.818. The number of amides is 1. The average Bonchev–Trinajstić information content (AvgIpc) is 2.73. The number of ether oxygens (including phenoxy) is 1. The molecule has 0 aromatic carbocycles. The third-order valence-electron chi connectivity index (χ3n) is 5.51. The first-order chi connectivity index (χ1) is 14.1. The molecule has 29 heavy (non-hydrogen) atoms. The lowest BCUT2D eigenvalue weighted by Crippen LogP contribution is -2.41. The highest BCUT2D eigenvalue weighted by atomic mass is 16.5. The smallest absolute Gasteiger partial charge is 0.408 e. The van der Waals surface area contributed by atoms with Gasteiger partial charge in [0.2, 0.25) is 0 Å². The summed E-state index contributed by atoms with van der Waals surface area (Å²) < 4.78 is 4.60. The lowest BCUT2D eigenvalue weighted by atomic mass is 9.91. The minimum Gasteiger partial charge on any atom is -0.480 e. The zero-order valence-corrected chi connectivity index (χ0v) is 17.7. The Balaban J connectivity index is 0.000000294. The van der Waals surface area contributed by atoms with Crippen LogP contribution in [0.5, 0.6) is 0 Å². The van der Waals surface area contributed by atoms with Crippen LogP contribution in [0.4, 0.5) is 4.79 Å². The first-order valence-electron chi connectivity index (χ1n) is 11.2. The van der Waals surface area contributed by atoms with Crippen molar-refractivity contribution in [2.75, 3.05) is 13.2 Å². The molecule has 0 aromatic heterocycles. The van der Waals surface area contributed by atoms with Crippen molar-refractivity contribution in [3.05, 3.63) is 12.7 Å². The molecule has 0 spiro atoms. The van der Waals surface area contributed by atoms with E-state index >= 15 is 0 Å². The lowest BCUT2D eigenvalue weighted by molar-refractivity contribution is -0.139. The van der Waals surface area contributed by atoms with Gasteiger partial charge in [0.1, 0.15) is 12.6 Å². The predicted octanol–water partition coefficient (Wildman–Crippen LogP) is 3.76. The van der Waals surface area contributed by atoms with E-state index in [1.807, 2.05) is 0 Å². The molecule has 0 bridgehead atoms. The minimum atomic E-state index is -1.12. The third kappa shape index (κ3) is 12.5. The van der Waals surface area contributed by atoms with Gasteiger partial charge in [-0.1, -0.05) is 51.2 Å². The van der Waals surface area contributed by atoms with Crippen molar-refractivity contribution >= 4 is 12.1 Å². The van der Waals surface area contributed by atoms with Gasteiger partial charge in [-0.3, -0.25) is 0 Å². The quantitative estimate of drug-likeness (QED) is 0.321. The summed E-state index contributed by atoms with van der Waals surface area (Å²) in [6, 6.07) is 0.762. The van der Waals surface area contributed by atoms with Crippen LogP contribution in [0, 0.1) is 0 Å². The highest BCUT2D eigenvalue weighted by molar-refractivity contribution is 5.79. The monoisotopic (exact) mass is 412 g/mol. The number of hydrogen-bond donors (Lipinski definition) is 4. The number of aliphatic hydroxyl groups is 1. The van der Waals surface area contributed by atoms with Crippen molar-refractivity contribution < 1.29 is 24.5 Å². The van der Waals surface area contributed by atoms with Crippen molar-refractivity contribution in [2.24, 2.45) is 0 Å². The van der Waals surface area contributed by atoms with Gasteiger partial charge in [0.05, 0.1) is 0 Å². The number of carbonyl (C=O) groups is 2. The zero-order chi connectivity index (χ0) is 21.3. The van der Waals surface area contributed by atoms with E-state index in [9.17, 15) is 9.59 Å². The number of rotatable bonds is 10. The third-order valence-corrected chi connectivity index (χ3v) is 5.51. The molecule has 2 fully saturated rings. The van der Waals surface area contributed by atoms with Gasteiger partial charge in [0.25, 0.3) is 0 Å². The number of hydrogen-bond acceptors (Lipinski definition) is 5. The van der Waals surface area contributed by atoms with Gasteiger partial charge in [-0.2, -0.15) is 0 Å². The molecule has 1 amide bonds. The molecule has 7 nitrogen and oxygen atoms in total. The summed E-state index contributed by atoms with van der Waals surface area (Å²) in [5, 5.41) is 23.4. The Morgan fingerprint density at radius 2 is 1.55 bits per heavy atom. The molecule has 4 N–H and O–H groups in total. The molecule has 0 aromatic rings. The molecule has 1 atom stereocenters. The fourth-order valence-corrected chi connectivity index (χ4v) is 3.91. The van der Waals surface area contributed by atoms with Gasteiger partial charge in [-0.15, -0.1) is 0 Å². The number of alkyl carbamates (subject to hydrolysis) is 1. The number of carbonyl (C=O) groups excluding carboxylic acids is 1. The van der Waals surface area contributed by atoms with Crippen LogP contribution in [0.25, 0.3) is 0 Å². The van der Waals surface area contributed by atoms with E-state index in [0.29, 0.717) is 12.8 Å². The van der Waals surface area contributed by atoms with Crippen molar-refractivity contribution in [1.82, 2.24) is 10.6 Å². The Bertz CT molecular complexity index is 444. The Labute approximate surface area is 175 Å². The summed E-state index contributed by atoms with van der Waals surface area (Å²) in [5.41, 5.74) is 0. The highest BCUT2D eigenvalue weighted by Crippen LogP contribution is 2.22. The Morgan fingerprint density at radius 1 is 1.00 bits per heavy atom. The topological polar surface area (TPSA) is 108 Å². The van der Waals surface area contributed by atoms with Crippen molar-refractivity contribution in [3.63, 3.8) is 0 Å². The number of aliphatic hydroxyl groups excluding tert-OH is 1. The predicted molar refractivity (Wildman–Crippen MR) is 114 cm³/mol. The minimum absolute atomic E-state index is 0.00719. The van der Waals surface area contributed by atoms with Crippen LogP contribution in [0.2, 0.25) is 0 Å². The summed E-state index contributed by atoms with van der Waals surface area (Å²) >= 11 is 0. The second-order valence-electron chi connectivity index (χ2n) is 7.98. The molecule has 0 radical (unpaired) electrons. The second-order valence-corrected chi connectivity index (χ2v) is 7.98. The van der Waals surface area contributed by atoms with Gasteiger partial charge in [0, 0.05) is 18.7 Å². The maximum atomic E-state index is 11.1. The maximum absolute atomic E-state index is 11.1. The van der Waals surface area contributed by atoms with Crippen molar-refractivity contribution in [2.45, 2.75) is 102 Å². The molecule has 0 heterocycles. The van der Waals surface area contributed by atoms with E-state index in [1.54, 1.807) is 0 Å². The van der Waals surface area contributed by atoms with E-state index in [1.165, 1.54) is 70.3 Å². The Morgan fingerprint density at radius 3 is 2.00 bits per heavy atom. The number of unbranched alkanes of at least 4 members (excludes halogenated alkanes) is 1. The van der Waals surface area contributed by atoms with Crippen LogP contribution >= 0.6 is 0 Å². The van der Waals surface area contributed by atoms with Gasteiger partial charge in [-0.25, -0.2) is 9.59 Å². The summed E-state index contributed by atoms with van der Waals surface area (Å²) in [6.45, 7) is 3.40. The molecular formula is C22H40N2O5. The van der Waals surface area contributed by atoms with Gasteiger partial charge in [-0.05, 0) is 44.9 Å². The summed E-state index contributed by atoms with van der Waals surface area (Å²) in [6.07, 6.45) is 16.5. The van der Waals surface area contributed by atoms with Crippen LogP contribution in [-0.4, -0.2) is 53.6 Å². The number of aliphatic carboxylic acids is 1. The van der Waals surface area contributed by atoms with E-state index in [0.717, 1.165) is 12.1 Å². The largest absolute Gasteiger partial charge is 0.480 e. The fourth-order valence-electron chi connectivity index (χ4n) is 3.91.